The minimum absolute atomic E-state index is 0.729. The van der Waals surface area contributed by atoms with Gasteiger partial charge in [-0.05, 0) is 25.1 Å². The van der Waals surface area contributed by atoms with Crippen LogP contribution in [0.2, 0.25) is 0 Å². The van der Waals surface area contributed by atoms with Gasteiger partial charge in [-0.2, -0.15) is 0 Å². The molecule has 0 aliphatic rings. The fraction of sp³-hybridized carbons (Fsp3) is 0.214. The van der Waals surface area contributed by atoms with E-state index in [1.54, 1.807) is 6.20 Å². The Morgan fingerprint density at radius 2 is 1.94 bits per heavy atom. The van der Waals surface area contributed by atoms with Crippen molar-refractivity contribution in [1.29, 1.82) is 0 Å². The number of nitrogens with two attached hydrogens (primary N) is 1. The van der Waals surface area contributed by atoms with Crippen LogP contribution in [0.4, 0.5) is 11.5 Å². The summed E-state index contributed by atoms with van der Waals surface area (Å²) in [6.07, 6.45) is 1.73. The van der Waals surface area contributed by atoms with Gasteiger partial charge in [0, 0.05) is 30.5 Å². The molecule has 4 heteroatoms. The van der Waals surface area contributed by atoms with E-state index < -0.39 is 0 Å². The third-order valence-corrected chi connectivity index (χ3v) is 2.89. The number of aromatic nitrogens is 1. The predicted octanol–water partition coefficient (Wildman–Crippen LogP) is 2.39. The summed E-state index contributed by atoms with van der Waals surface area (Å²) in [5.74, 6) is 6.20. The zero-order chi connectivity index (χ0) is 12.8. The lowest BCUT2D eigenvalue weighted by Crippen LogP contribution is -2.23. The molecule has 0 radical (unpaired) electrons. The first-order valence-electron chi connectivity index (χ1n) is 6.05. The summed E-state index contributed by atoms with van der Waals surface area (Å²) >= 11 is 0. The van der Waals surface area contributed by atoms with E-state index >= 15 is 0 Å². The van der Waals surface area contributed by atoms with Crippen LogP contribution < -0.4 is 16.2 Å². The Bertz CT molecular complexity index is 484. The van der Waals surface area contributed by atoms with E-state index in [0.717, 1.165) is 24.5 Å². The van der Waals surface area contributed by atoms with Crippen molar-refractivity contribution in [2.24, 2.45) is 5.84 Å². The Labute approximate surface area is 107 Å². The zero-order valence-electron chi connectivity index (χ0n) is 10.5. The molecule has 3 N–H and O–H groups in total. The van der Waals surface area contributed by atoms with E-state index in [-0.39, 0.29) is 0 Å². The average molecular weight is 242 g/mol. The Hall–Kier alpha value is -2.07. The molecule has 1 heterocycles. The van der Waals surface area contributed by atoms with Crippen molar-refractivity contribution in [2.75, 3.05) is 16.9 Å². The number of rotatable bonds is 5. The molecule has 2 aromatic rings. The second-order valence-corrected chi connectivity index (χ2v) is 4.01. The van der Waals surface area contributed by atoms with Crippen LogP contribution in [-0.4, -0.2) is 11.5 Å². The average Bonchev–Trinajstić information content (AvgIpc) is 2.46. The van der Waals surface area contributed by atoms with Crippen molar-refractivity contribution in [3.05, 3.63) is 54.2 Å². The third kappa shape index (κ3) is 2.78. The largest absolute Gasteiger partial charge is 0.367 e. The first-order chi connectivity index (χ1) is 8.85. The molecule has 2 rings (SSSR count). The molecule has 0 atom stereocenters. The Kier molecular flexibility index (Phi) is 4.15. The van der Waals surface area contributed by atoms with E-state index in [4.69, 9.17) is 5.84 Å². The van der Waals surface area contributed by atoms with Gasteiger partial charge in [0.2, 0.25) is 0 Å². The number of anilines is 2. The van der Waals surface area contributed by atoms with Gasteiger partial charge >= 0.3 is 0 Å². The van der Waals surface area contributed by atoms with Crippen LogP contribution in [0.5, 0.6) is 0 Å². The molecule has 0 unspecified atom stereocenters. The van der Waals surface area contributed by atoms with Gasteiger partial charge in [0.1, 0.15) is 5.82 Å². The smallest absolute Gasteiger partial charge is 0.144 e. The number of para-hydroxylation sites is 1. The molecule has 0 amide bonds. The SMILES string of the molecule is CCN(Cc1cccnc1NN)c1ccccc1. The summed E-state index contributed by atoms with van der Waals surface area (Å²) in [4.78, 5) is 6.49. The van der Waals surface area contributed by atoms with Crippen LogP contribution in [0.1, 0.15) is 12.5 Å². The minimum Gasteiger partial charge on any atom is -0.367 e. The lowest BCUT2D eigenvalue weighted by molar-refractivity contribution is 0.828. The maximum absolute atomic E-state index is 5.48. The lowest BCUT2D eigenvalue weighted by atomic mass is 10.2. The molecular formula is C14H18N4. The minimum atomic E-state index is 0.729. The molecule has 0 fully saturated rings. The van der Waals surface area contributed by atoms with Crippen molar-refractivity contribution in [1.82, 2.24) is 4.98 Å². The molecular weight excluding hydrogens is 224 g/mol. The lowest BCUT2D eigenvalue weighted by Gasteiger charge is -2.24. The molecule has 1 aromatic heterocycles. The highest BCUT2D eigenvalue weighted by Crippen LogP contribution is 2.19. The van der Waals surface area contributed by atoms with Gasteiger partial charge < -0.3 is 10.3 Å². The van der Waals surface area contributed by atoms with Gasteiger partial charge in [-0.1, -0.05) is 24.3 Å². The molecule has 0 aliphatic heterocycles. The summed E-state index contributed by atoms with van der Waals surface area (Å²) in [5, 5.41) is 0. The summed E-state index contributed by atoms with van der Waals surface area (Å²) < 4.78 is 0. The van der Waals surface area contributed by atoms with Crippen molar-refractivity contribution in [2.45, 2.75) is 13.5 Å². The van der Waals surface area contributed by atoms with Crippen molar-refractivity contribution < 1.29 is 0 Å². The Morgan fingerprint density at radius 1 is 1.17 bits per heavy atom. The number of pyridine rings is 1. The summed E-state index contributed by atoms with van der Waals surface area (Å²) in [6, 6.07) is 14.3. The van der Waals surface area contributed by atoms with Crippen LogP contribution >= 0.6 is 0 Å². The molecule has 0 spiro atoms. The number of nitrogens with one attached hydrogen (secondary N) is 1. The standard InChI is InChI=1S/C14H18N4/c1-2-18(13-8-4-3-5-9-13)11-12-7-6-10-16-14(12)17-15/h3-10H,2,11,15H2,1H3,(H,16,17). The third-order valence-electron chi connectivity index (χ3n) is 2.89. The molecule has 4 nitrogen and oxygen atoms in total. The maximum atomic E-state index is 5.48. The summed E-state index contributed by atoms with van der Waals surface area (Å²) in [5.41, 5.74) is 4.93. The Balaban J connectivity index is 2.21. The van der Waals surface area contributed by atoms with Gasteiger partial charge in [0.15, 0.2) is 0 Å². The zero-order valence-corrected chi connectivity index (χ0v) is 10.5. The van der Waals surface area contributed by atoms with Gasteiger partial charge in [-0.3, -0.25) is 0 Å². The normalized spacial score (nSPS) is 10.1. The first-order valence-corrected chi connectivity index (χ1v) is 6.05. The van der Waals surface area contributed by atoms with Crippen LogP contribution in [0.25, 0.3) is 0 Å². The van der Waals surface area contributed by atoms with Crippen molar-refractivity contribution >= 4 is 11.5 Å². The van der Waals surface area contributed by atoms with Gasteiger partial charge in [0.25, 0.3) is 0 Å². The highest BCUT2D eigenvalue weighted by molar-refractivity contribution is 5.50. The Morgan fingerprint density at radius 3 is 2.61 bits per heavy atom. The number of benzene rings is 1. The van der Waals surface area contributed by atoms with E-state index in [2.05, 4.69) is 34.4 Å². The van der Waals surface area contributed by atoms with Gasteiger partial charge in [-0.15, -0.1) is 0 Å². The van der Waals surface area contributed by atoms with Crippen molar-refractivity contribution in [3.63, 3.8) is 0 Å². The molecule has 0 bridgehead atoms. The van der Waals surface area contributed by atoms with Gasteiger partial charge in [0.05, 0.1) is 0 Å². The fourth-order valence-corrected chi connectivity index (χ4v) is 1.93. The van der Waals surface area contributed by atoms with E-state index in [1.165, 1.54) is 5.69 Å². The van der Waals surface area contributed by atoms with Gasteiger partial charge in [-0.25, -0.2) is 10.8 Å². The molecule has 0 saturated heterocycles. The predicted molar refractivity (Wildman–Crippen MR) is 75.2 cm³/mol. The van der Waals surface area contributed by atoms with Crippen LogP contribution in [0, 0.1) is 0 Å². The molecule has 0 saturated carbocycles. The molecule has 0 aliphatic carbocycles. The van der Waals surface area contributed by atoms with E-state index in [9.17, 15) is 0 Å². The molecule has 18 heavy (non-hydrogen) atoms. The van der Waals surface area contributed by atoms with Crippen LogP contribution in [0.3, 0.4) is 0 Å². The van der Waals surface area contributed by atoms with Crippen LogP contribution in [-0.2, 0) is 6.54 Å². The van der Waals surface area contributed by atoms with E-state index in [1.807, 2.05) is 30.3 Å². The number of nitrogen functional groups attached to an aromatic ring is 1. The quantitative estimate of drug-likeness (QED) is 0.624. The highest BCUT2D eigenvalue weighted by Gasteiger charge is 2.08. The monoisotopic (exact) mass is 242 g/mol. The number of hydrogen-bond acceptors (Lipinski definition) is 4. The van der Waals surface area contributed by atoms with E-state index in [0.29, 0.717) is 0 Å². The maximum Gasteiger partial charge on any atom is 0.144 e. The van der Waals surface area contributed by atoms with Crippen molar-refractivity contribution in [3.8, 4) is 0 Å². The summed E-state index contributed by atoms with van der Waals surface area (Å²) in [7, 11) is 0. The summed E-state index contributed by atoms with van der Waals surface area (Å²) in [6.45, 7) is 3.86. The number of hydrazine groups is 1. The molecule has 1 aromatic carbocycles. The first kappa shape index (κ1) is 12.4. The highest BCUT2D eigenvalue weighted by atomic mass is 15.3. The number of nitrogens with zero attached hydrogens (tertiary/aromatic N) is 2. The topological polar surface area (TPSA) is 54.2 Å². The second-order valence-electron chi connectivity index (χ2n) is 4.01. The molecule has 94 valence electrons. The van der Waals surface area contributed by atoms with Crippen LogP contribution in [0.15, 0.2) is 48.7 Å². The number of hydrogen-bond donors (Lipinski definition) is 2. The second kappa shape index (κ2) is 6.02. The fourth-order valence-electron chi connectivity index (χ4n) is 1.93.